The quantitative estimate of drug-likeness (QED) is 0.388. The number of halogens is 1. The Kier molecular flexibility index (Phi) is 7.14. The molecule has 0 radical (unpaired) electrons. The van der Waals surface area contributed by atoms with E-state index in [1.54, 1.807) is 7.11 Å². The Morgan fingerprint density at radius 2 is 2.00 bits per heavy atom. The minimum atomic E-state index is -0.457. The van der Waals surface area contributed by atoms with Gasteiger partial charge in [0.25, 0.3) is 5.91 Å². The smallest absolute Gasteiger partial charge is 0.257 e. The van der Waals surface area contributed by atoms with Gasteiger partial charge >= 0.3 is 0 Å². The summed E-state index contributed by atoms with van der Waals surface area (Å²) >= 11 is 6.12. The first-order valence-corrected chi connectivity index (χ1v) is 11.5. The normalized spacial score (nSPS) is 12.1. The minimum absolute atomic E-state index is 0.0847. The Labute approximate surface area is 202 Å². The van der Waals surface area contributed by atoms with Crippen molar-refractivity contribution in [2.75, 3.05) is 7.11 Å². The van der Waals surface area contributed by atoms with Crippen LogP contribution in [0.4, 0.5) is 0 Å². The number of aryl methyl sites for hydroxylation is 2. The number of aromatic amines is 1. The lowest BCUT2D eigenvalue weighted by molar-refractivity contribution is 0.0929. The molecule has 2 aromatic heterocycles. The van der Waals surface area contributed by atoms with Crippen LogP contribution >= 0.6 is 11.6 Å². The molecule has 4 aromatic rings. The summed E-state index contributed by atoms with van der Waals surface area (Å²) < 4.78 is 7.36. The Balaban J connectivity index is 1.63. The Morgan fingerprint density at radius 3 is 2.74 bits per heavy atom. The molecule has 2 N–H and O–H groups in total. The number of amides is 1. The molecule has 2 heterocycles. The standard InChI is InChI=1S/C26H27ClN4O3/c1-16-13-23(32)24(22(15-34-3)31(16)12-11-18-7-6-8-19(27)14-18)26(33)28-17(2)25-29-20-9-4-5-10-21(20)30-25/h4-10,13-14,17H,11-12,15H2,1-3H3,(H,28,33)(H,29,30)/t17-/m1/s1. The van der Waals surface area contributed by atoms with Crippen LogP contribution in [0.1, 0.15) is 46.1 Å². The number of rotatable bonds is 8. The van der Waals surface area contributed by atoms with Gasteiger partial charge in [0.1, 0.15) is 11.4 Å². The third-order valence-corrected chi connectivity index (χ3v) is 6.05. The van der Waals surface area contributed by atoms with Gasteiger partial charge in [-0.3, -0.25) is 9.59 Å². The number of nitrogens with zero attached hydrogens (tertiary/aromatic N) is 2. The molecular weight excluding hydrogens is 452 g/mol. The lowest BCUT2D eigenvalue weighted by Gasteiger charge is -2.20. The van der Waals surface area contributed by atoms with Crippen LogP contribution < -0.4 is 10.7 Å². The second-order valence-corrected chi connectivity index (χ2v) is 8.71. The highest BCUT2D eigenvalue weighted by Crippen LogP contribution is 2.18. The number of H-pyrrole nitrogens is 1. The van der Waals surface area contributed by atoms with Crippen LogP contribution in [-0.2, 0) is 24.3 Å². The van der Waals surface area contributed by atoms with Crippen molar-refractivity contribution in [1.82, 2.24) is 19.9 Å². The molecule has 176 valence electrons. The topological polar surface area (TPSA) is 89.0 Å². The minimum Gasteiger partial charge on any atom is -0.378 e. The van der Waals surface area contributed by atoms with Crippen molar-refractivity contribution in [3.63, 3.8) is 0 Å². The molecule has 0 aliphatic rings. The van der Waals surface area contributed by atoms with Gasteiger partial charge in [0.2, 0.25) is 0 Å². The maximum absolute atomic E-state index is 13.3. The first kappa shape index (κ1) is 23.7. The second-order valence-electron chi connectivity index (χ2n) is 8.27. The second kappa shape index (κ2) is 10.2. The number of methoxy groups -OCH3 is 1. The highest BCUT2D eigenvalue weighted by molar-refractivity contribution is 6.30. The zero-order valence-corrected chi connectivity index (χ0v) is 20.1. The summed E-state index contributed by atoms with van der Waals surface area (Å²) in [6, 6.07) is 16.4. The van der Waals surface area contributed by atoms with Crippen LogP contribution in [0.15, 0.2) is 59.4 Å². The Morgan fingerprint density at radius 1 is 1.21 bits per heavy atom. The van der Waals surface area contributed by atoms with Crippen LogP contribution in [0, 0.1) is 6.92 Å². The molecule has 0 saturated carbocycles. The Hall–Kier alpha value is -3.42. The molecule has 8 heteroatoms. The fraction of sp³-hybridized carbons (Fsp3) is 0.269. The van der Waals surface area contributed by atoms with E-state index >= 15 is 0 Å². The largest absolute Gasteiger partial charge is 0.378 e. The third-order valence-electron chi connectivity index (χ3n) is 5.81. The lowest BCUT2D eigenvalue weighted by Crippen LogP contribution is -2.35. The fourth-order valence-corrected chi connectivity index (χ4v) is 4.33. The van der Waals surface area contributed by atoms with E-state index in [4.69, 9.17) is 16.3 Å². The molecule has 1 amide bonds. The molecule has 7 nitrogen and oxygen atoms in total. The molecule has 0 aliphatic carbocycles. The van der Waals surface area contributed by atoms with Gasteiger partial charge < -0.3 is 19.6 Å². The summed E-state index contributed by atoms with van der Waals surface area (Å²) in [6.45, 7) is 4.40. The van der Waals surface area contributed by atoms with Crippen molar-refractivity contribution in [2.24, 2.45) is 0 Å². The van der Waals surface area contributed by atoms with Crippen LogP contribution in [0.5, 0.6) is 0 Å². The number of nitrogens with one attached hydrogen (secondary N) is 2. The van der Waals surface area contributed by atoms with E-state index in [1.807, 2.05) is 66.9 Å². The number of benzene rings is 2. The molecule has 0 bridgehead atoms. The number of fused-ring (bicyclic) bond motifs is 1. The summed E-state index contributed by atoms with van der Waals surface area (Å²) in [6.07, 6.45) is 0.692. The number of para-hydroxylation sites is 2. The van der Waals surface area contributed by atoms with Gasteiger partial charge in [-0.15, -0.1) is 0 Å². The molecule has 2 aromatic carbocycles. The molecule has 0 aliphatic heterocycles. The van der Waals surface area contributed by atoms with Gasteiger partial charge in [0.05, 0.1) is 29.4 Å². The molecular formula is C26H27ClN4O3. The van der Waals surface area contributed by atoms with E-state index in [0.717, 1.165) is 22.3 Å². The van der Waals surface area contributed by atoms with E-state index in [-0.39, 0.29) is 17.6 Å². The number of pyridine rings is 1. The van der Waals surface area contributed by atoms with Crippen LogP contribution in [0.25, 0.3) is 11.0 Å². The van der Waals surface area contributed by atoms with Crippen molar-refractivity contribution < 1.29 is 9.53 Å². The molecule has 0 unspecified atom stereocenters. The van der Waals surface area contributed by atoms with Crippen LogP contribution in [0.3, 0.4) is 0 Å². The first-order valence-electron chi connectivity index (χ1n) is 11.1. The van der Waals surface area contributed by atoms with Gasteiger partial charge in [0, 0.05) is 30.4 Å². The average Bonchev–Trinajstić information content (AvgIpc) is 3.23. The van der Waals surface area contributed by atoms with Crippen molar-refractivity contribution in [3.8, 4) is 0 Å². The summed E-state index contributed by atoms with van der Waals surface area (Å²) in [5.41, 5.74) is 3.83. The molecule has 0 fully saturated rings. The van der Waals surface area contributed by atoms with Gasteiger partial charge in [-0.25, -0.2) is 4.98 Å². The number of carbonyl (C=O) groups excluding carboxylic acids is 1. The van der Waals surface area contributed by atoms with Crippen molar-refractivity contribution in [1.29, 1.82) is 0 Å². The molecule has 4 rings (SSSR count). The van der Waals surface area contributed by atoms with Gasteiger partial charge in [0.15, 0.2) is 5.43 Å². The zero-order valence-electron chi connectivity index (χ0n) is 19.4. The molecule has 0 saturated heterocycles. The summed E-state index contributed by atoms with van der Waals surface area (Å²) in [5, 5.41) is 3.59. The van der Waals surface area contributed by atoms with E-state index in [1.165, 1.54) is 6.07 Å². The van der Waals surface area contributed by atoms with E-state index in [0.29, 0.717) is 29.5 Å². The number of carbonyl (C=O) groups is 1. The van der Waals surface area contributed by atoms with Crippen LogP contribution in [-0.4, -0.2) is 27.6 Å². The maximum Gasteiger partial charge on any atom is 0.257 e. The average molecular weight is 479 g/mol. The number of hydrogen-bond acceptors (Lipinski definition) is 4. The highest BCUT2D eigenvalue weighted by Gasteiger charge is 2.23. The third kappa shape index (κ3) is 5.05. The SMILES string of the molecule is COCc1c(C(=O)N[C@H](C)c2nc3ccccc3[nH]2)c(=O)cc(C)n1CCc1cccc(Cl)c1. The maximum atomic E-state index is 13.3. The number of aromatic nitrogens is 3. The van der Waals surface area contributed by atoms with Crippen molar-refractivity contribution >= 4 is 28.5 Å². The molecule has 1 atom stereocenters. The van der Waals surface area contributed by atoms with Crippen molar-refractivity contribution in [2.45, 2.75) is 39.5 Å². The Bertz CT molecular complexity index is 1360. The summed E-state index contributed by atoms with van der Waals surface area (Å²) in [5.74, 6) is 0.165. The molecule has 0 spiro atoms. The first-order chi connectivity index (χ1) is 16.4. The number of hydrogen-bond donors (Lipinski definition) is 2. The number of imidazole rings is 1. The summed E-state index contributed by atoms with van der Waals surface area (Å²) in [7, 11) is 1.55. The number of ether oxygens (including phenoxy) is 1. The predicted molar refractivity (Wildman–Crippen MR) is 133 cm³/mol. The predicted octanol–water partition coefficient (Wildman–Crippen LogP) is 4.57. The monoisotopic (exact) mass is 478 g/mol. The highest BCUT2D eigenvalue weighted by atomic mass is 35.5. The fourth-order valence-electron chi connectivity index (χ4n) is 4.12. The van der Waals surface area contributed by atoms with Gasteiger partial charge in [-0.2, -0.15) is 0 Å². The molecule has 34 heavy (non-hydrogen) atoms. The summed E-state index contributed by atoms with van der Waals surface area (Å²) in [4.78, 5) is 34.0. The van der Waals surface area contributed by atoms with Gasteiger partial charge in [-0.1, -0.05) is 35.9 Å². The van der Waals surface area contributed by atoms with Gasteiger partial charge in [-0.05, 0) is 50.1 Å². The van der Waals surface area contributed by atoms with Crippen LogP contribution in [0.2, 0.25) is 5.02 Å². The lowest BCUT2D eigenvalue weighted by atomic mass is 10.1. The zero-order chi connectivity index (χ0) is 24.2. The van der Waals surface area contributed by atoms with Crippen molar-refractivity contribution in [3.05, 3.63) is 98.2 Å². The van der Waals surface area contributed by atoms with E-state index in [9.17, 15) is 9.59 Å². The van der Waals surface area contributed by atoms with E-state index in [2.05, 4.69) is 15.3 Å². The van der Waals surface area contributed by atoms with E-state index < -0.39 is 11.9 Å².